The second-order valence-electron chi connectivity index (χ2n) is 4.45. The highest BCUT2D eigenvalue weighted by atomic mass is 79.9. The van der Waals surface area contributed by atoms with Gasteiger partial charge >= 0.3 is 0 Å². The topological polar surface area (TPSA) is 43.6 Å². The first-order valence-electron chi connectivity index (χ1n) is 5.78. The van der Waals surface area contributed by atoms with E-state index >= 15 is 0 Å². The van der Waals surface area contributed by atoms with Crippen LogP contribution in [0.25, 0.3) is 0 Å². The Hall–Kier alpha value is -0.880. The van der Waals surface area contributed by atoms with E-state index in [4.69, 9.17) is 0 Å². The summed E-state index contributed by atoms with van der Waals surface area (Å²) in [5, 5.41) is 12.7. The van der Waals surface area contributed by atoms with Crippen molar-refractivity contribution in [2.24, 2.45) is 5.92 Å². The van der Waals surface area contributed by atoms with E-state index in [-0.39, 0.29) is 0 Å². The van der Waals surface area contributed by atoms with Crippen molar-refractivity contribution in [1.82, 2.24) is 20.2 Å². The maximum atomic E-state index is 4.06. The van der Waals surface area contributed by atoms with Gasteiger partial charge in [0, 0.05) is 16.8 Å². The Morgan fingerprint density at radius 1 is 1.28 bits per heavy atom. The summed E-state index contributed by atoms with van der Waals surface area (Å²) in [6.45, 7) is 5.17. The summed E-state index contributed by atoms with van der Waals surface area (Å²) in [6.07, 6.45) is 0. The van der Waals surface area contributed by atoms with Gasteiger partial charge in [0.2, 0.25) is 5.16 Å². The van der Waals surface area contributed by atoms with Crippen molar-refractivity contribution in [3.63, 3.8) is 0 Å². The van der Waals surface area contributed by atoms with E-state index in [0.29, 0.717) is 5.92 Å². The van der Waals surface area contributed by atoms with Crippen LogP contribution in [-0.2, 0) is 12.3 Å². The van der Waals surface area contributed by atoms with Gasteiger partial charge in [-0.25, -0.2) is 4.68 Å². The Morgan fingerprint density at radius 2 is 2.00 bits per heavy atom. The summed E-state index contributed by atoms with van der Waals surface area (Å²) in [4.78, 5) is 0. The fraction of sp³-hybridized carbons (Fsp3) is 0.417. The molecule has 1 aromatic heterocycles. The number of hydrogen-bond donors (Lipinski definition) is 0. The zero-order valence-electron chi connectivity index (χ0n) is 10.4. The molecule has 0 aliphatic rings. The SMILES string of the molecule is CC(C)Cn1nnnc1SCc1ccc(Br)cc1. The lowest BCUT2D eigenvalue weighted by Crippen LogP contribution is -2.07. The molecule has 0 N–H and O–H groups in total. The van der Waals surface area contributed by atoms with Crippen LogP contribution in [0.1, 0.15) is 19.4 Å². The molecule has 0 aliphatic heterocycles. The number of tetrazole rings is 1. The molecule has 96 valence electrons. The standard InChI is InChI=1S/C12H15BrN4S/c1-9(2)7-17-12(14-15-16-17)18-8-10-3-5-11(13)6-4-10/h3-6,9H,7-8H2,1-2H3. The van der Waals surface area contributed by atoms with Gasteiger partial charge in [-0.2, -0.15) is 0 Å². The van der Waals surface area contributed by atoms with Crippen LogP contribution in [0.5, 0.6) is 0 Å². The largest absolute Gasteiger partial charge is 0.220 e. The highest BCUT2D eigenvalue weighted by molar-refractivity contribution is 9.10. The number of hydrogen-bond acceptors (Lipinski definition) is 4. The van der Waals surface area contributed by atoms with Crippen molar-refractivity contribution in [2.75, 3.05) is 0 Å². The quantitative estimate of drug-likeness (QED) is 0.790. The van der Waals surface area contributed by atoms with Gasteiger partial charge in [-0.1, -0.05) is 53.7 Å². The van der Waals surface area contributed by atoms with Crippen LogP contribution >= 0.6 is 27.7 Å². The fourth-order valence-electron chi connectivity index (χ4n) is 1.49. The Kier molecular flexibility index (Phi) is 4.77. The molecule has 0 saturated carbocycles. The molecule has 0 fully saturated rings. The summed E-state index contributed by atoms with van der Waals surface area (Å²) in [5.41, 5.74) is 1.27. The first kappa shape index (κ1) is 13.5. The zero-order valence-corrected chi connectivity index (χ0v) is 12.8. The highest BCUT2D eigenvalue weighted by Crippen LogP contribution is 2.21. The van der Waals surface area contributed by atoms with Crippen LogP contribution in [0.15, 0.2) is 33.9 Å². The molecule has 0 saturated heterocycles. The summed E-state index contributed by atoms with van der Waals surface area (Å²) in [6, 6.07) is 8.31. The molecule has 0 spiro atoms. The molecule has 18 heavy (non-hydrogen) atoms. The summed E-state index contributed by atoms with van der Waals surface area (Å²) >= 11 is 5.10. The minimum atomic E-state index is 0.542. The maximum Gasteiger partial charge on any atom is 0.209 e. The summed E-state index contributed by atoms with van der Waals surface area (Å²) < 4.78 is 2.97. The zero-order chi connectivity index (χ0) is 13.0. The molecule has 1 heterocycles. The van der Waals surface area contributed by atoms with Crippen LogP contribution in [0.4, 0.5) is 0 Å². The molecule has 2 aromatic rings. The van der Waals surface area contributed by atoms with E-state index in [1.54, 1.807) is 11.8 Å². The number of rotatable bonds is 5. The van der Waals surface area contributed by atoms with Crippen molar-refractivity contribution in [1.29, 1.82) is 0 Å². The predicted molar refractivity (Wildman–Crippen MR) is 76.4 cm³/mol. The minimum Gasteiger partial charge on any atom is -0.220 e. The van der Waals surface area contributed by atoms with E-state index in [0.717, 1.165) is 21.9 Å². The molecular formula is C12H15BrN4S. The lowest BCUT2D eigenvalue weighted by molar-refractivity contribution is 0.446. The Labute approximate surface area is 119 Å². The lowest BCUT2D eigenvalue weighted by atomic mass is 10.2. The second kappa shape index (κ2) is 6.33. The second-order valence-corrected chi connectivity index (χ2v) is 6.31. The number of halogens is 1. The van der Waals surface area contributed by atoms with Crippen molar-refractivity contribution in [2.45, 2.75) is 31.3 Å². The van der Waals surface area contributed by atoms with Gasteiger partial charge in [0.15, 0.2) is 0 Å². The molecule has 0 radical (unpaired) electrons. The first-order valence-corrected chi connectivity index (χ1v) is 7.56. The number of thioether (sulfide) groups is 1. The number of benzene rings is 1. The molecule has 4 nitrogen and oxygen atoms in total. The molecule has 1 aromatic carbocycles. The summed E-state index contributed by atoms with van der Waals surface area (Å²) in [5.74, 6) is 1.42. The monoisotopic (exact) mass is 326 g/mol. The summed E-state index contributed by atoms with van der Waals surface area (Å²) in [7, 11) is 0. The molecule has 0 amide bonds. The molecule has 6 heteroatoms. The van der Waals surface area contributed by atoms with Crippen molar-refractivity contribution in [3.05, 3.63) is 34.3 Å². The van der Waals surface area contributed by atoms with Crippen LogP contribution in [0.2, 0.25) is 0 Å². The molecular weight excluding hydrogens is 312 g/mol. The van der Waals surface area contributed by atoms with E-state index in [2.05, 4.69) is 57.4 Å². The average molecular weight is 327 g/mol. The van der Waals surface area contributed by atoms with Crippen LogP contribution < -0.4 is 0 Å². The Bertz CT molecular complexity index is 495. The van der Waals surface area contributed by atoms with Crippen molar-refractivity contribution < 1.29 is 0 Å². The highest BCUT2D eigenvalue weighted by Gasteiger charge is 2.08. The molecule has 2 rings (SSSR count). The van der Waals surface area contributed by atoms with E-state index < -0.39 is 0 Å². The van der Waals surface area contributed by atoms with Gasteiger partial charge < -0.3 is 0 Å². The third-order valence-corrected chi connectivity index (χ3v) is 3.88. The maximum absolute atomic E-state index is 4.06. The average Bonchev–Trinajstić information content (AvgIpc) is 2.75. The third-order valence-electron chi connectivity index (χ3n) is 2.32. The molecule has 0 bridgehead atoms. The predicted octanol–water partition coefficient (Wildman–Crippen LogP) is 3.38. The Morgan fingerprint density at radius 3 is 2.67 bits per heavy atom. The molecule has 0 aliphatic carbocycles. The Balaban J connectivity index is 1.97. The van der Waals surface area contributed by atoms with Gasteiger partial charge in [-0.15, -0.1) is 5.10 Å². The first-order chi connectivity index (χ1) is 8.65. The fourth-order valence-corrected chi connectivity index (χ4v) is 2.60. The van der Waals surface area contributed by atoms with Gasteiger partial charge in [0.05, 0.1) is 0 Å². The molecule has 0 atom stereocenters. The lowest BCUT2D eigenvalue weighted by Gasteiger charge is -2.06. The van der Waals surface area contributed by atoms with Crippen LogP contribution in [0.3, 0.4) is 0 Å². The van der Waals surface area contributed by atoms with Crippen molar-refractivity contribution >= 4 is 27.7 Å². The van der Waals surface area contributed by atoms with Gasteiger partial charge in [-0.05, 0) is 34.0 Å². The normalized spacial score (nSPS) is 11.1. The van der Waals surface area contributed by atoms with E-state index in [1.807, 2.05) is 16.8 Å². The van der Waals surface area contributed by atoms with Gasteiger partial charge in [-0.3, -0.25) is 0 Å². The van der Waals surface area contributed by atoms with Crippen LogP contribution in [-0.4, -0.2) is 20.2 Å². The van der Waals surface area contributed by atoms with Gasteiger partial charge in [0.25, 0.3) is 0 Å². The van der Waals surface area contributed by atoms with Crippen molar-refractivity contribution in [3.8, 4) is 0 Å². The van der Waals surface area contributed by atoms with Crippen LogP contribution in [0, 0.1) is 5.92 Å². The van der Waals surface area contributed by atoms with E-state index in [9.17, 15) is 0 Å². The smallest absolute Gasteiger partial charge is 0.209 e. The number of nitrogens with zero attached hydrogens (tertiary/aromatic N) is 4. The molecule has 0 unspecified atom stereocenters. The number of aromatic nitrogens is 4. The van der Waals surface area contributed by atoms with Gasteiger partial charge in [0.1, 0.15) is 0 Å². The minimum absolute atomic E-state index is 0.542. The third kappa shape index (κ3) is 3.81. The van der Waals surface area contributed by atoms with E-state index in [1.165, 1.54) is 5.56 Å².